The number of nitrogens with one attached hydrogen (secondary N) is 2. The van der Waals surface area contributed by atoms with Crippen molar-refractivity contribution in [2.75, 3.05) is 20.6 Å². The van der Waals surface area contributed by atoms with Crippen LogP contribution in [0.1, 0.15) is 24.8 Å². The molecule has 6 heteroatoms. The first kappa shape index (κ1) is 20.5. The molecule has 0 heterocycles. The molecule has 0 fully saturated rings. The highest BCUT2D eigenvalue weighted by atomic mass is 127. The lowest BCUT2D eigenvalue weighted by molar-refractivity contribution is -0.130. The highest BCUT2D eigenvalue weighted by Crippen LogP contribution is 2.08. The summed E-state index contributed by atoms with van der Waals surface area (Å²) in [5, 5.41) is 6.57. The fraction of sp³-hybridized carbons (Fsp3) is 0.444. The Bertz CT molecular complexity index is 551. The third-order valence-electron chi connectivity index (χ3n) is 3.89. The zero-order valence-corrected chi connectivity index (χ0v) is 16.7. The van der Waals surface area contributed by atoms with Gasteiger partial charge >= 0.3 is 0 Å². The number of rotatable bonds is 6. The van der Waals surface area contributed by atoms with Crippen molar-refractivity contribution in [2.24, 2.45) is 4.99 Å². The second kappa shape index (κ2) is 11.1. The van der Waals surface area contributed by atoms with Gasteiger partial charge in [0.15, 0.2) is 5.96 Å². The van der Waals surface area contributed by atoms with Gasteiger partial charge in [-0.3, -0.25) is 9.79 Å². The maximum Gasteiger partial charge on any atom is 0.224 e. The van der Waals surface area contributed by atoms with Gasteiger partial charge in [-0.2, -0.15) is 0 Å². The third kappa shape index (κ3) is 6.90. The second-order valence-electron chi connectivity index (χ2n) is 5.77. The summed E-state index contributed by atoms with van der Waals surface area (Å²) in [4.78, 5) is 18.1. The van der Waals surface area contributed by atoms with Gasteiger partial charge in [0.25, 0.3) is 0 Å². The number of carbonyl (C=O) groups excluding carboxylic acids is 1. The SMILES string of the molecule is CN=C(NCCC(=O)N(C)Cc1ccccc1)NC1CC=CC1.I. The van der Waals surface area contributed by atoms with Crippen molar-refractivity contribution in [3.8, 4) is 0 Å². The van der Waals surface area contributed by atoms with Crippen molar-refractivity contribution in [1.29, 1.82) is 0 Å². The van der Waals surface area contributed by atoms with E-state index in [1.807, 2.05) is 37.4 Å². The van der Waals surface area contributed by atoms with Crippen molar-refractivity contribution >= 4 is 35.8 Å². The summed E-state index contributed by atoms with van der Waals surface area (Å²) in [5.41, 5.74) is 1.14. The van der Waals surface area contributed by atoms with Crippen LogP contribution in [0.2, 0.25) is 0 Å². The van der Waals surface area contributed by atoms with Gasteiger partial charge in [0.05, 0.1) is 0 Å². The monoisotopic (exact) mass is 442 g/mol. The van der Waals surface area contributed by atoms with E-state index in [1.165, 1.54) is 0 Å². The minimum atomic E-state index is 0. The molecule has 0 saturated carbocycles. The summed E-state index contributed by atoms with van der Waals surface area (Å²) in [6.07, 6.45) is 6.85. The average Bonchev–Trinajstić information content (AvgIpc) is 3.07. The quantitative estimate of drug-likeness (QED) is 0.308. The van der Waals surface area contributed by atoms with E-state index in [4.69, 9.17) is 0 Å². The molecule has 1 aliphatic rings. The number of nitrogens with zero attached hydrogens (tertiary/aromatic N) is 2. The van der Waals surface area contributed by atoms with Crippen molar-refractivity contribution in [3.05, 3.63) is 48.0 Å². The standard InChI is InChI=1S/C18H26N4O.HI/c1-19-18(21-16-10-6-7-11-16)20-13-12-17(23)22(2)14-15-8-4-3-5-9-15;/h3-9,16H,10-14H2,1-2H3,(H2,19,20,21);1H. The maximum atomic E-state index is 12.2. The van der Waals surface area contributed by atoms with Crippen LogP contribution in [-0.2, 0) is 11.3 Å². The topological polar surface area (TPSA) is 56.7 Å². The first-order chi connectivity index (χ1) is 11.2. The number of guanidine groups is 1. The van der Waals surface area contributed by atoms with Crippen LogP contribution in [0, 0.1) is 0 Å². The summed E-state index contributed by atoms with van der Waals surface area (Å²) in [6.45, 7) is 1.22. The van der Waals surface area contributed by atoms with E-state index in [0.717, 1.165) is 24.4 Å². The Morgan fingerprint density at radius 1 is 1.25 bits per heavy atom. The maximum absolute atomic E-state index is 12.2. The molecule has 5 nitrogen and oxygen atoms in total. The summed E-state index contributed by atoms with van der Waals surface area (Å²) in [6, 6.07) is 10.4. The van der Waals surface area contributed by atoms with Gasteiger partial charge in [-0.1, -0.05) is 42.5 Å². The number of hydrogen-bond donors (Lipinski definition) is 2. The smallest absolute Gasteiger partial charge is 0.224 e. The molecular formula is C18H27IN4O. The van der Waals surface area contributed by atoms with Crippen LogP contribution in [0.25, 0.3) is 0 Å². The Labute approximate surface area is 161 Å². The van der Waals surface area contributed by atoms with E-state index in [1.54, 1.807) is 11.9 Å². The molecule has 24 heavy (non-hydrogen) atoms. The predicted octanol–water partition coefficient (Wildman–Crippen LogP) is 2.54. The van der Waals surface area contributed by atoms with Crippen molar-refractivity contribution < 1.29 is 4.79 Å². The van der Waals surface area contributed by atoms with E-state index >= 15 is 0 Å². The van der Waals surface area contributed by atoms with Crippen LogP contribution in [-0.4, -0.2) is 43.4 Å². The average molecular weight is 442 g/mol. The van der Waals surface area contributed by atoms with E-state index in [-0.39, 0.29) is 29.9 Å². The lowest BCUT2D eigenvalue weighted by atomic mass is 10.2. The zero-order valence-electron chi connectivity index (χ0n) is 14.4. The molecule has 1 aliphatic carbocycles. The molecule has 2 N–H and O–H groups in total. The normalized spacial score (nSPS) is 14.2. The molecule has 0 spiro atoms. The number of halogens is 1. The summed E-state index contributed by atoms with van der Waals surface area (Å²) >= 11 is 0. The number of carbonyl (C=O) groups is 1. The first-order valence-corrected chi connectivity index (χ1v) is 8.09. The molecule has 1 aromatic rings. The number of amides is 1. The Morgan fingerprint density at radius 2 is 1.92 bits per heavy atom. The Hall–Kier alpha value is -1.57. The highest BCUT2D eigenvalue weighted by molar-refractivity contribution is 14.0. The van der Waals surface area contributed by atoms with Crippen LogP contribution in [0.4, 0.5) is 0 Å². The Balaban J connectivity index is 0.00000288. The summed E-state index contributed by atoms with van der Waals surface area (Å²) < 4.78 is 0. The van der Waals surface area contributed by atoms with Gasteiger partial charge in [-0.25, -0.2) is 0 Å². The predicted molar refractivity (Wildman–Crippen MR) is 110 cm³/mol. The molecule has 2 rings (SSSR count). The van der Waals surface area contributed by atoms with Gasteiger partial charge in [-0.15, -0.1) is 24.0 Å². The summed E-state index contributed by atoms with van der Waals surface area (Å²) in [7, 11) is 3.59. The number of benzene rings is 1. The van der Waals surface area contributed by atoms with Gasteiger partial charge < -0.3 is 15.5 Å². The lowest BCUT2D eigenvalue weighted by Crippen LogP contribution is -2.43. The highest BCUT2D eigenvalue weighted by Gasteiger charge is 2.12. The molecule has 0 aromatic heterocycles. The fourth-order valence-electron chi connectivity index (χ4n) is 2.55. The molecule has 132 valence electrons. The molecule has 1 aromatic carbocycles. The van der Waals surface area contributed by atoms with E-state index in [2.05, 4.69) is 27.8 Å². The van der Waals surface area contributed by atoms with Crippen LogP contribution >= 0.6 is 24.0 Å². The molecule has 0 atom stereocenters. The minimum absolute atomic E-state index is 0. The minimum Gasteiger partial charge on any atom is -0.356 e. The van der Waals surface area contributed by atoms with Gasteiger partial charge in [0.1, 0.15) is 0 Å². The van der Waals surface area contributed by atoms with Crippen LogP contribution in [0.5, 0.6) is 0 Å². The van der Waals surface area contributed by atoms with Gasteiger partial charge in [0, 0.05) is 39.6 Å². The van der Waals surface area contributed by atoms with Crippen molar-refractivity contribution in [2.45, 2.75) is 31.8 Å². The fourth-order valence-corrected chi connectivity index (χ4v) is 2.55. The van der Waals surface area contributed by atoms with Gasteiger partial charge in [0.2, 0.25) is 5.91 Å². The van der Waals surface area contributed by atoms with Crippen LogP contribution < -0.4 is 10.6 Å². The van der Waals surface area contributed by atoms with Crippen LogP contribution in [0.3, 0.4) is 0 Å². The zero-order chi connectivity index (χ0) is 16.5. The Kier molecular flexibility index (Phi) is 9.44. The van der Waals surface area contributed by atoms with Crippen LogP contribution in [0.15, 0.2) is 47.5 Å². The van der Waals surface area contributed by atoms with E-state index in [9.17, 15) is 4.79 Å². The molecule has 0 radical (unpaired) electrons. The molecular weight excluding hydrogens is 415 g/mol. The molecule has 0 bridgehead atoms. The molecule has 0 unspecified atom stereocenters. The van der Waals surface area contributed by atoms with E-state index < -0.39 is 0 Å². The van der Waals surface area contributed by atoms with E-state index in [0.29, 0.717) is 25.6 Å². The first-order valence-electron chi connectivity index (χ1n) is 8.09. The second-order valence-corrected chi connectivity index (χ2v) is 5.77. The van der Waals surface area contributed by atoms with Gasteiger partial charge in [-0.05, 0) is 18.4 Å². The Morgan fingerprint density at radius 3 is 2.54 bits per heavy atom. The number of hydrogen-bond acceptors (Lipinski definition) is 2. The summed E-state index contributed by atoms with van der Waals surface area (Å²) in [5.74, 6) is 0.886. The molecule has 0 saturated heterocycles. The largest absolute Gasteiger partial charge is 0.356 e. The lowest BCUT2D eigenvalue weighted by Gasteiger charge is -2.19. The third-order valence-corrected chi connectivity index (χ3v) is 3.89. The molecule has 1 amide bonds. The number of aliphatic imine (C=N–C) groups is 1. The molecule has 0 aliphatic heterocycles. The van der Waals surface area contributed by atoms with Crippen molar-refractivity contribution in [3.63, 3.8) is 0 Å². The van der Waals surface area contributed by atoms with Crippen molar-refractivity contribution in [1.82, 2.24) is 15.5 Å².